The summed E-state index contributed by atoms with van der Waals surface area (Å²) in [4.78, 5) is 18.1. The maximum absolute atomic E-state index is 12.2. The molecule has 1 aromatic carbocycles. The van der Waals surface area contributed by atoms with E-state index in [1.807, 2.05) is 36.6 Å². The van der Waals surface area contributed by atoms with Crippen LogP contribution in [0.25, 0.3) is 0 Å². The lowest BCUT2D eigenvalue weighted by Gasteiger charge is -2.17. The number of alkyl halides is 1. The van der Waals surface area contributed by atoms with Crippen LogP contribution in [0, 0.1) is 6.92 Å². The molecule has 0 radical (unpaired) electrons. The fourth-order valence-electron chi connectivity index (χ4n) is 1.72. The van der Waals surface area contributed by atoms with E-state index < -0.39 is 0 Å². The molecule has 0 N–H and O–H groups in total. The molecule has 2 aromatic rings. The zero-order chi connectivity index (χ0) is 13.8. The minimum Gasteiger partial charge on any atom is -0.315 e. The number of halogens is 1. The molecule has 0 fully saturated rings. The van der Waals surface area contributed by atoms with Crippen LogP contribution in [-0.4, -0.2) is 17.9 Å². The number of benzene rings is 1. The Bertz CT molecular complexity index is 582. The van der Waals surface area contributed by atoms with Gasteiger partial charge in [-0.15, -0.1) is 22.9 Å². The zero-order valence-corrected chi connectivity index (χ0v) is 12.5. The number of carbonyl (C=O) groups excluding carboxylic acids is 1. The van der Waals surface area contributed by atoms with Gasteiger partial charge in [-0.1, -0.05) is 12.1 Å². The highest BCUT2D eigenvalue weighted by Crippen LogP contribution is 2.17. The van der Waals surface area contributed by atoms with E-state index in [0.717, 1.165) is 22.0 Å². The van der Waals surface area contributed by atoms with Crippen molar-refractivity contribution in [2.24, 2.45) is 0 Å². The molecule has 0 atom stereocenters. The highest BCUT2D eigenvalue weighted by Gasteiger charge is 2.13. The normalized spacial score (nSPS) is 10.5. The Morgan fingerprint density at radius 2 is 2.26 bits per heavy atom. The molecule has 100 valence electrons. The van der Waals surface area contributed by atoms with E-state index in [1.54, 1.807) is 11.9 Å². The number of likely N-dealkylation sites (N-methyl/N-ethyl adjacent to an activating group) is 1. The van der Waals surface area contributed by atoms with Gasteiger partial charge in [0.25, 0.3) is 0 Å². The summed E-state index contributed by atoms with van der Waals surface area (Å²) in [5.74, 6) is 0.416. The largest absolute Gasteiger partial charge is 0.315 e. The molecule has 0 saturated heterocycles. The molecule has 0 aliphatic heterocycles. The van der Waals surface area contributed by atoms with Crippen molar-refractivity contribution in [2.75, 3.05) is 11.9 Å². The van der Waals surface area contributed by atoms with Crippen LogP contribution in [0.15, 0.2) is 29.6 Å². The molecule has 1 heterocycles. The molecule has 0 unspecified atom stereocenters. The van der Waals surface area contributed by atoms with Gasteiger partial charge in [-0.05, 0) is 24.6 Å². The number of anilines is 1. The van der Waals surface area contributed by atoms with E-state index in [1.165, 1.54) is 11.3 Å². The summed E-state index contributed by atoms with van der Waals surface area (Å²) < 4.78 is 0. The predicted octanol–water partition coefficient (Wildman–Crippen LogP) is 3.40. The fraction of sp³-hybridized carbons (Fsp3) is 0.286. The third-order valence-electron chi connectivity index (χ3n) is 2.80. The molecule has 0 spiro atoms. The van der Waals surface area contributed by atoms with Crippen molar-refractivity contribution in [1.29, 1.82) is 0 Å². The fourth-order valence-corrected chi connectivity index (χ4v) is 2.73. The Kier molecular flexibility index (Phi) is 4.56. The van der Waals surface area contributed by atoms with Gasteiger partial charge in [0.15, 0.2) is 0 Å². The molecule has 1 aromatic heterocycles. The molecular formula is C14H15ClN2OS. The minimum atomic E-state index is 0.0288. The van der Waals surface area contributed by atoms with Crippen molar-refractivity contribution in [2.45, 2.75) is 19.2 Å². The van der Waals surface area contributed by atoms with Crippen LogP contribution in [0.3, 0.4) is 0 Å². The summed E-state index contributed by atoms with van der Waals surface area (Å²) >= 11 is 7.18. The van der Waals surface area contributed by atoms with Crippen molar-refractivity contribution < 1.29 is 4.79 Å². The van der Waals surface area contributed by atoms with E-state index in [-0.39, 0.29) is 5.91 Å². The highest BCUT2D eigenvalue weighted by molar-refractivity contribution is 7.09. The molecule has 0 bridgehead atoms. The first kappa shape index (κ1) is 14.0. The van der Waals surface area contributed by atoms with Gasteiger partial charge in [0, 0.05) is 18.1 Å². The number of aryl methyl sites for hydroxylation is 1. The summed E-state index contributed by atoms with van der Waals surface area (Å²) in [7, 11) is 1.78. The second kappa shape index (κ2) is 6.17. The van der Waals surface area contributed by atoms with Crippen molar-refractivity contribution >= 4 is 34.5 Å². The van der Waals surface area contributed by atoms with Crippen LogP contribution in [0.2, 0.25) is 0 Å². The van der Waals surface area contributed by atoms with Crippen molar-refractivity contribution in [3.05, 3.63) is 45.9 Å². The highest BCUT2D eigenvalue weighted by atomic mass is 35.5. The van der Waals surface area contributed by atoms with E-state index in [2.05, 4.69) is 4.98 Å². The first-order valence-electron chi connectivity index (χ1n) is 5.92. The average molecular weight is 295 g/mol. The lowest BCUT2D eigenvalue weighted by Crippen LogP contribution is -2.27. The van der Waals surface area contributed by atoms with Crippen molar-refractivity contribution in [3.63, 3.8) is 0 Å². The molecule has 19 heavy (non-hydrogen) atoms. The standard InChI is InChI=1S/C14H15ClN2OS/c1-10-4-3-5-12(6-10)17(2)14(18)7-13-16-11(8-15)9-19-13/h3-6,9H,7-8H2,1-2H3. The molecule has 1 amide bonds. The van der Waals surface area contributed by atoms with Crippen molar-refractivity contribution in [3.8, 4) is 0 Å². The van der Waals surface area contributed by atoms with E-state index in [4.69, 9.17) is 11.6 Å². The number of aromatic nitrogens is 1. The molecular weight excluding hydrogens is 280 g/mol. The molecule has 0 aliphatic carbocycles. The Morgan fingerprint density at radius 1 is 1.47 bits per heavy atom. The number of amides is 1. The van der Waals surface area contributed by atoms with Crippen LogP contribution in [0.5, 0.6) is 0 Å². The first-order chi connectivity index (χ1) is 9.10. The minimum absolute atomic E-state index is 0.0288. The Morgan fingerprint density at radius 3 is 2.89 bits per heavy atom. The van der Waals surface area contributed by atoms with Crippen LogP contribution in [0.1, 0.15) is 16.3 Å². The maximum Gasteiger partial charge on any atom is 0.233 e. The van der Waals surface area contributed by atoms with Crippen LogP contribution in [-0.2, 0) is 17.1 Å². The number of rotatable bonds is 4. The van der Waals surface area contributed by atoms with Gasteiger partial charge in [0.05, 0.1) is 18.0 Å². The predicted molar refractivity (Wildman–Crippen MR) is 80.0 cm³/mol. The summed E-state index contributed by atoms with van der Waals surface area (Å²) in [6.07, 6.45) is 0.312. The Labute approximate surface area is 121 Å². The zero-order valence-electron chi connectivity index (χ0n) is 10.9. The third-order valence-corrected chi connectivity index (χ3v) is 3.97. The van der Waals surface area contributed by atoms with Gasteiger partial charge in [-0.3, -0.25) is 4.79 Å². The monoisotopic (exact) mass is 294 g/mol. The lowest BCUT2D eigenvalue weighted by atomic mass is 10.2. The maximum atomic E-state index is 12.2. The summed E-state index contributed by atoms with van der Waals surface area (Å²) in [5.41, 5.74) is 2.86. The molecule has 0 saturated carbocycles. The number of carbonyl (C=O) groups is 1. The smallest absolute Gasteiger partial charge is 0.233 e. The Balaban J connectivity index is 2.07. The summed E-state index contributed by atoms with van der Waals surface area (Å²) in [6.45, 7) is 2.01. The number of nitrogens with zero attached hydrogens (tertiary/aromatic N) is 2. The van der Waals surface area contributed by atoms with Gasteiger partial charge in [-0.2, -0.15) is 0 Å². The number of hydrogen-bond donors (Lipinski definition) is 0. The molecule has 3 nitrogen and oxygen atoms in total. The van der Waals surface area contributed by atoms with Gasteiger partial charge >= 0.3 is 0 Å². The Hall–Kier alpha value is -1.39. The van der Waals surface area contributed by atoms with Crippen LogP contribution in [0.4, 0.5) is 5.69 Å². The van der Waals surface area contributed by atoms with E-state index >= 15 is 0 Å². The SMILES string of the molecule is Cc1cccc(N(C)C(=O)Cc2nc(CCl)cs2)c1. The van der Waals surface area contributed by atoms with Crippen LogP contribution < -0.4 is 4.90 Å². The average Bonchev–Trinajstić information content (AvgIpc) is 2.85. The topological polar surface area (TPSA) is 33.2 Å². The molecule has 2 rings (SSSR count). The summed E-state index contributed by atoms with van der Waals surface area (Å²) in [5, 5.41) is 2.70. The summed E-state index contributed by atoms with van der Waals surface area (Å²) in [6, 6.07) is 7.87. The van der Waals surface area contributed by atoms with E-state index in [9.17, 15) is 4.79 Å². The van der Waals surface area contributed by atoms with Gasteiger partial charge < -0.3 is 4.90 Å². The lowest BCUT2D eigenvalue weighted by molar-refractivity contribution is -0.117. The number of thiazole rings is 1. The quantitative estimate of drug-likeness (QED) is 0.810. The first-order valence-corrected chi connectivity index (χ1v) is 7.34. The van der Waals surface area contributed by atoms with E-state index in [0.29, 0.717) is 12.3 Å². The van der Waals surface area contributed by atoms with Gasteiger partial charge in [-0.25, -0.2) is 4.98 Å². The van der Waals surface area contributed by atoms with Crippen molar-refractivity contribution in [1.82, 2.24) is 4.98 Å². The van der Waals surface area contributed by atoms with Crippen LogP contribution >= 0.6 is 22.9 Å². The third kappa shape index (κ3) is 3.55. The molecule has 5 heteroatoms. The van der Waals surface area contributed by atoms with Gasteiger partial charge in [0.1, 0.15) is 5.01 Å². The molecule has 0 aliphatic rings. The number of hydrogen-bond acceptors (Lipinski definition) is 3. The second-order valence-electron chi connectivity index (χ2n) is 4.33. The second-order valence-corrected chi connectivity index (χ2v) is 5.54. The van der Waals surface area contributed by atoms with Gasteiger partial charge in [0.2, 0.25) is 5.91 Å².